The van der Waals surface area contributed by atoms with Gasteiger partial charge in [-0.15, -0.1) is 0 Å². The van der Waals surface area contributed by atoms with Crippen LogP contribution >= 0.6 is 0 Å². The van der Waals surface area contributed by atoms with Gasteiger partial charge >= 0.3 is 0 Å². The summed E-state index contributed by atoms with van der Waals surface area (Å²) in [6.07, 6.45) is 0. The van der Waals surface area contributed by atoms with Crippen molar-refractivity contribution in [1.82, 2.24) is 14.5 Å². The van der Waals surface area contributed by atoms with Crippen LogP contribution in [0, 0.1) is 6.92 Å². The molecule has 0 amide bonds. The SMILES string of the molecule is CCn1c(C)nc2cc3nc4ccccc4cc3cc21. The summed E-state index contributed by atoms with van der Waals surface area (Å²) in [5.74, 6) is 1.06. The van der Waals surface area contributed by atoms with E-state index in [1.807, 2.05) is 6.07 Å². The van der Waals surface area contributed by atoms with Crippen LogP contribution in [0.3, 0.4) is 0 Å². The Bertz CT molecular complexity index is 951. The van der Waals surface area contributed by atoms with Crippen molar-refractivity contribution in [2.75, 3.05) is 0 Å². The molecule has 3 nitrogen and oxygen atoms in total. The third-order valence-electron chi connectivity index (χ3n) is 3.89. The van der Waals surface area contributed by atoms with Crippen molar-refractivity contribution in [2.24, 2.45) is 0 Å². The highest BCUT2D eigenvalue weighted by atomic mass is 15.1. The zero-order chi connectivity index (χ0) is 13.7. The van der Waals surface area contributed by atoms with E-state index in [2.05, 4.69) is 59.8 Å². The van der Waals surface area contributed by atoms with E-state index in [1.165, 1.54) is 16.3 Å². The molecule has 3 heteroatoms. The molecule has 2 heterocycles. The van der Waals surface area contributed by atoms with Gasteiger partial charge in [-0.2, -0.15) is 0 Å². The molecule has 0 N–H and O–H groups in total. The lowest BCUT2D eigenvalue weighted by molar-refractivity contribution is 0.753. The van der Waals surface area contributed by atoms with Gasteiger partial charge < -0.3 is 4.57 Å². The van der Waals surface area contributed by atoms with E-state index in [-0.39, 0.29) is 0 Å². The van der Waals surface area contributed by atoms with Gasteiger partial charge in [0.15, 0.2) is 0 Å². The van der Waals surface area contributed by atoms with Crippen molar-refractivity contribution in [2.45, 2.75) is 20.4 Å². The van der Waals surface area contributed by atoms with Crippen molar-refractivity contribution in [3.63, 3.8) is 0 Å². The van der Waals surface area contributed by atoms with Crippen LogP contribution in [-0.4, -0.2) is 14.5 Å². The average molecular weight is 261 g/mol. The maximum absolute atomic E-state index is 4.74. The predicted octanol–water partition coefficient (Wildman–Crippen LogP) is 4.07. The fourth-order valence-corrected chi connectivity index (χ4v) is 2.92. The van der Waals surface area contributed by atoms with E-state index in [0.29, 0.717) is 0 Å². The second kappa shape index (κ2) is 4.04. The maximum atomic E-state index is 4.74. The molecule has 0 bridgehead atoms. The molecule has 2 aromatic heterocycles. The number of imidazole rings is 1. The summed E-state index contributed by atoms with van der Waals surface area (Å²) in [6, 6.07) is 14.7. The second-order valence-electron chi connectivity index (χ2n) is 5.12. The Kier molecular flexibility index (Phi) is 2.30. The first-order valence-electron chi connectivity index (χ1n) is 6.92. The van der Waals surface area contributed by atoms with E-state index in [9.17, 15) is 0 Å². The molecule has 0 aliphatic heterocycles. The molecule has 0 radical (unpaired) electrons. The molecule has 4 aromatic rings. The summed E-state index contributed by atoms with van der Waals surface area (Å²) in [7, 11) is 0. The van der Waals surface area contributed by atoms with Gasteiger partial charge in [0.1, 0.15) is 5.82 Å². The summed E-state index contributed by atoms with van der Waals surface area (Å²) in [5.41, 5.74) is 4.26. The number of fused-ring (bicyclic) bond motifs is 3. The third kappa shape index (κ3) is 1.53. The molecule has 0 saturated carbocycles. The molecule has 0 aliphatic rings. The standard InChI is InChI=1S/C17H15N3/c1-3-20-11(2)18-16-10-15-13(9-17(16)20)8-12-6-4-5-7-14(12)19-15/h4-10H,3H2,1-2H3. The van der Waals surface area contributed by atoms with Crippen LogP contribution in [0.5, 0.6) is 0 Å². The minimum absolute atomic E-state index is 0.939. The van der Waals surface area contributed by atoms with Crippen LogP contribution in [0.2, 0.25) is 0 Å². The number of pyridine rings is 1. The molecule has 0 spiro atoms. The number of rotatable bonds is 1. The zero-order valence-corrected chi connectivity index (χ0v) is 11.6. The van der Waals surface area contributed by atoms with Gasteiger partial charge in [0.05, 0.1) is 22.1 Å². The van der Waals surface area contributed by atoms with Crippen molar-refractivity contribution in [3.05, 3.63) is 48.3 Å². The molecule has 20 heavy (non-hydrogen) atoms. The summed E-state index contributed by atoms with van der Waals surface area (Å²) >= 11 is 0. The number of aryl methyl sites for hydroxylation is 2. The van der Waals surface area contributed by atoms with Crippen molar-refractivity contribution >= 4 is 32.8 Å². The summed E-state index contributed by atoms with van der Waals surface area (Å²) in [5, 5.41) is 2.35. The van der Waals surface area contributed by atoms with Crippen molar-refractivity contribution < 1.29 is 0 Å². The fraction of sp³-hybridized carbons (Fsp3) is 0.176. The normalized spacial score (nSPS) is 11.7. The Labute approximate surface area is 116 Å². The quantitative estimate of drug-likeness (QED) is 0.484. The largest absolute Gasteiger partial charge is 0.328 e. The lowest BCUT2D eigenvalue weighted by Crippen LogP contribution is -1.96. The number of benzene rings is 2. The van der Waals surface area contributed by atoms with Crippen LogP contribution < -0.4 is 0 Å². The molecule has 98 valence electrons. The number of aromatic nitrogens is 3. The Morgan fingerprint density at radius 3 is 2.60 bits per heavy atom. The summed E-state index contributed by atoms with van der Waals surface area (Å²) < 4.78 is 2.24. The Balaban J connectivity index is 2.15. The van der Waals surface area contributed by atoms with Gasteiger partial charge in [-0.05, 0) is 38.1 Å². The monoisotopic (exact) mass is 261 g/mol. The van der Waals surface area contributed by atoms with Gasteiger partial charge in [0.25, 0.3) is 0 Å². The fourth-order valence-electron chi connectivity index (χ4n) is 2.92. The van der Waals surface area contributed by atoms with E-state index >= 15 is 0 Å². The van der Waals surface area contributed by atoms with E-state index < -0.39 is 0 Å². The molecule has 0 atom stereocenters. The molecule has 0 aliphatic carbocycles. The average Bonchev–Trinajstić information content (AvgIpc) is 2.76. The maximum Gasteiger partial charge on any atom is 0.106 e. The predicted molar refractivity (Wildman–Crippen MR) is 83.0 cm³/mol. The molecular weight excluding hydrogens is 246 g/mol. The van der Waals surface area contributed by atoms with Gasteiger partial charge in [-0.1, -0.05) is 18.2 Å². The van der Waals surface area contributed by atoms with Crippen LogP contribution in [-0.2, 0) is 6.54 Å². The molecule has 0 unspecified atom stereocenters. The van der Waals surface area contributed by atoms with E-state index in [1.54, 1.807) is 0 Å². The first-order chi connectivity index (χ1) is 9.76. The Morgan fingerprint density at radius 1 is 0.900 bits per heavy atom. The van der Waals surface area contributed by atoms with Gasteiger partial charge in [-0.3, -0.25) is 0 Å². The minimum atomic E-state index is 0.939. The van der Waals surface area contributed by atoms with Gasteiger partial charge in [0.2, 0.25) is 0 Å². The number of hydrogen-bond acceptors (Lipinski definition) is 2. The van der Waals surface area contributed by atoms with E-state index in [0.717, 1.165) is 28.9 Å². The van der Waals surface area contributed by atoms with Gasteiger partial charge in [-0.25, -0.2) is 9.97 Å². The zero-order valence-electron chi connectivity index (χ0n) is 11.6. The summed E-state index contributed by atoms with van der Waals surface area (Å²) in [6.45, 7) is 5.14. The molecule has 0 saturated heterocycles. The minimum Gasteiger partial charge on any atom is -0.328 e. The second-order valence-corrected chi connectivity index (χ2v) is 5.12. The van der Waals surface area contributed by atoms with Crippen LogP contribution in [0.1, 0.15) is 12.7 Å². The highest BCUT2D eigenvalue weighted by molar-refractivity contribution is 5.99. The molecular formula is C17H15N3. The smallest absolute Gasteiger partial charge is 0.106 e. The first-order valence-corrected chi connectivity index (χ1v) is 6.92. The third-order valence-corrected chi connectivity index (χ3v) is 3.89. The molecule has 2 aromatic carbocycles. The van der Waals surface area contributed by atoms with Crippen LogP contribution in [0.15, 0.2) is 42.5 Å². The lowest BCUT2D eigenvalue weighted by atomic mass is 10.1. The number of nitrogens with zero attached hydrogens (tertiary/aromatic N) is 3. The topological polar surface area (TPSA) is 30.7 Å². The Morgan fingerprint density at radius 2 is 1.75 bits per heavy atom. The molecule has 4 rings (SSSR count). The van der Waals surface area contributed by atoms with E-state index in [4.69, 9.17) is 4.98 Å². The molecule has 0 fully saturated rings. The van der Waals surface area contributed by atoms with Crippen LogP contribution in [0.25, 0.3) is 32.8 Å². The van der Waals surface area contributed by atoms with Crippen molar-refractivity contribution in [1.29, 1.82) is 0 Å². The number of hydrogen-bond donors (Lipinski definition) is 0. The van der Waals surface area contributed by atoms with Crippen molar-refractivity contribution in [3.8, 4) is 0 Å². The van der Waals surface area contributed by atoms with Crippen LogP contribution in [0.4, 0.5) is 0 Å². The van der Waals surface area contributed by atoms with Gasteiger partial charge in [0, 0.05) is 17.3 Å². The highest BCUT2D eigenvalue weighted by Gasteiger charge is 2.08. The summed E-state index contributed by atoms with van der Waals surface area (Å²) in [4.78, 5) is 9.38. The lowest BCUT2D eigenvalue weighted by Gasteiger charge is -2.04. The highest BCUT2D eigenvalue weighted by Crippen LogP contribution is 2.25. The number of para-hydroxylation sites is 1. The first kappa shape index (κ1) is 11.4. The Hall–Kier alpha value is -2.42.